The normalized spacial score (nSPS) is 11.3. The quantitative estimate of drug-likeness (QED) is 0.664. The molecule has 1 amide bonds. The van der Waals surface area contributed by atoms with Crippen LogP contribution in [-0.4, -0.2) is 17.0 Å². The second-order valence-electron chi connectivity index (χ2n) is 4.42. The molecule has 0 radical (unpaired) electrons. The first kappa shape index (κ1) is 14.5. The molecule has 4 nitrogen and oxygen atoms in total. The monoisotopic (exact) mass is 281 g/mol. The minimum absolute atomic E-state index is 0.0708. The fourth-order valence-electron chi connectivity index (χ4n) is 1.95. The molecular formula is C17H15NO3. The van der Waals surface area contributed by atoms with E-state index < -0.39 is 5.97 Å². The van der Waals surface area contributed by atoms with Gasteiger partial charge in [-0.05, 0) is 29.8 Å². The molecule has 0 aliphatic rings. The number of benzene rings is 2. The summed E-state index contributed by atoms with van der Waals surface area (Å²) < 4.78 is 0. The Balaban J connectivity index is 2.39. The second-order valence-corrected chi connectivity index (χ2v) is 4.42. The van der Waals surface area contributed by atoms with Crippen molar-refractivity contribution in [3.8, 4) is 0 Å². The number of amides is 1. The van der Waals surface area contributed by atoms with Gasteiger partial charge in [-0.3, -0.25) is 4.79 Å². The summed E-state index contributed by atoms with van der Waals surface area (Å²) in [7, 11) is 0. The summed E-state index contributed by atoms with van der Waals surface area (Å²) in [6.45, 7) is 1.84. The maximum absolute atomic E-state index is 11.8. The van der Waals surface area contributed by atoms with Crippen molar-refractivity contribution in [1.29, 1.82) is 0 Å². The van der Waals surface area contributed by atoms with Gasteiger partial charge in [-0.2, -0.15) is 0 Å². The number of hydrogen-bond donors (Lipinski definition) is 2. The van der Waals surface area contributed by atoms with Crippen molar-refractivity contribution in [3.63, 3.8) is 0 Å². The number of hydrogen-bond acceptors (Lipinski definition) is 2. The average Bonchev–Trinajstić information content (AvgIpc) is 2.46. The van der Waals surface area contributed by atoms with Gasteiger partial charge in [0.1, 0.15) is 0 Å². The molecule has 0 aliphatic heterocycles. The van der Waals surface area contributed by atoms with Crippen LogP contribution in [0.1, 0.15) is 17.3 Å². The molecule has 0 saturated carbocycles. The fraction of sp³-hybridized carbons (Fsp3) is 0.0588. The van der Waals surface area contributed by atoms with Crippen molar-refractivity contribution < 1.29 is 14.7 Å². The SMILES string of the molecule is C/C=C/C=C/C(=O)Nc1cc2ccccc2cc1C(=O)O. The highest BCUT2D eigenvalue weighted by atomic mass is 16.4. The molecule has 2 aromatic carbocycles. The van der Waals surface area contributed by atoms with Crippen LogP contribution < -0.4 is 5.32 Å². The van der Waals surface area contributed by atoms with Crippen LogP contribution in [0, 0.1) is 0 Å². The van der Waals surface area contributed by atoms with Crippen LogP contribution in [0.15, 0.2) is 60.7 Å². The van der Waals surface area contributed by atoms with E-state index >= 15 is 0 Å². The van der Waals surface area contributed by atoms with Crippen molar-refractivity contribution in [2.24, 2.45) is 0 Å². The van der Waals surface area contributed by atoms with Crippen LogP contribution in [0.3, 0.4) is 0 Å². The first-order valence-corrected chi connectivity index (χ1v) is 6.48. The largest absolute Gasteiger partial charge is 0.478 e. The van der Waals surface area contributed by atoms with Gasteiger partial charge in [-0.25, -0.2) is 4.79 Å². The molecule has 0 atom stereocenters. The van der Waals surface area contributed by atoms with Crippen molar-refractivity contribution in [2.45, 2.75) is 6.92 Å². The Hall–Kier alpha value is -2.88. The Labute approximate surface area is 122 Å². The molecule has 0 unspecified atom stereocenters. The number of nitrogens with one attached hydrogen (secondary N) is 1. The van der Waals surface area contributed by atoms with E-state index in [1.165, 1.54) is 6.08 Å². The zero-order valence-electron chi connectivity index (χ0n) is 11.5. The molecule has 21 heavy (non-hydrogen) atoms. The minimum Gasteiger partial charge on any atom is -0.478 e. The van der Waals surface area contributed by atoms with Crippen molar-refractivity contribution >= 4 is 28.3 Å². The van der Waals surface area contributed by atoms with Crippen LogP contribution in [0.4, 0.5) is 5.69 Å². The molecule has 2 N–H and O–H groups in total. The highest BCUT2D eigenvalue weighted by Gasteiger charge is 2.12. The summed E-state index contributed by atoms with van der Waals surface area (Å²) >= 11 is 0. The van der Waals surface area contributed by atoms with Crippen LogP contribution in [0.2, 0.25) is 0 Å². The number of carbonyl (C=O) groups excluding carboxylic acids is 1. The summed E-state index contributed by atoms with van der Waals surface area (Å²) in [5.74, 6) is -1.45. The molecule has 0 aromatic heterocycles. The maximum atomic E-state index is 11.8. The first-order chi connectivity index (χ1) is 10.1. The van der Waals surface area contributed by atoms with Crippen LogP contribution in [-0.2, 0) is 4.79 Å². The topological polar surface area (TPSA) is 66.4 Å². The zero-order chi connectivity index (χ0) is 15.2. The highest BCUT2D eigenvalue weighted by molar-refractivity contribution is 6.07. The van der Waals surface area contributed by atoms with Gasteiger partial charge in [0, 0.05) is 6.08 Å². The molecule has 2 rings (SSSR count). The third kappa shape index (κ3) is 3.57. The Morgan fingerprint density at radius 1 is 1.10 bits per heavy atom. The molecule has 0 fully saturated rings. The van der Waals surface area contributed by atoms with Gasteiger partial charge in [0.05, 0.1) is 11.3 Å². The second kappa shape index (κ2) is 6.52. The zero-order valence-corrected chi connectivity index (χ0v) is 11.5. The standard InChI is InChI=1S/C17H15NO3/c1-2-3-4-9-16(19)18-15-11-13-8-6-5-7-12(13)10-14(15)17(20)21/h2-11H,1H3,(H,18,19)(H,20,21)/b3-2+,9-4+. The Morgan fingerprint density at radius 3 is 2.38 bits per heavy atom. The van der Waals surface area contributed by atoms with Crippen LogP contribution in [0.25, 0.3) is 10.8 Å². The van der Waals surface area contributed by atoms with Gasteiger partial charge in [0.2, 0.25) is 5.91 Å². The number of carboxylic acids is 1. The summed E-state index contributed by atoms with van der Waals surface area (Å²) in [4.78, 5) is 23.1. The predicted molar refractivity (Wildman–Crippen MR) is 83.5 cm³/mol. The van der Waals surface area contributed by atoms with Crippen LogP contribution >= 0.6 is 0 Å². The molecular weight excluding hydrogens is 266 g/mol. The van der Waals surface area contributed by atoms with E-state index in [1.54, 1.807) is 30.4 Å². The number of anilines is 1. The molecule has 0 heterocycles. The lowest BCUT2D eigenvalue weighted by molar-refractivity contribution is -0.111. The number of aromatic carboxylic acids is 1. The molecule has 0 saturated heterocycles. The smallest absolute Gasteiger partial charge is 0.337 e. The lowest BCUT2D eigenvalue weighted by Crippen LogP contribution is -2.12. The van der Waals surface area contributed by atoms with Crippen molar-refractivity contribution in [2.75, 3.05) is 5.32 Å². The summed E-state index contributed by atoms with van der Waals surface area (Å²) in [6.07, 6.45) is 6.46. The molecule has 2 aromatic rings. The fourth-order valence-corrected chi connectivity index (χ4v) is 1.95. The third-order valence-electron chi connectivity index (χ3n) is 2.93. The average molecular weight is 281 g/mol. The van der Waals surface area contributed by atoms with E-state index in [2.05, 4.69) is 5.32 Å². The van der Waals surface area contributed by atoms with Gasteiger partial charge >= 0.3 is 5.97 Å². The first-order valence-electron chi connectivity index (χ1n) is 6.48. The number of fused-ring (bicyclic) bond motifs is 1. The van der Waals surface area contributed by atoms with E-state index in [-0.39, 0.29) is 17.2 Å². The summed E-state index contributed by atoms with van der Waals surface area (Å²) in [5.41, 5.74) is 0.359. The van der Waals surface area contributed by atoms with Gasteiger partial charge in [-0.15, -0.1) is 0 Å². The van der Waals surface area contributed by atoms with Crippen molar-refractivity contribution in [3.05, 3.63) is 66.3 Å². The lowest BCUT2D eigenvalue weighted by Gasteiger charge is -2.09. The van der Waals surface area contributed by atoms with E-state index in [0.717, 1.165) is 10.8 Å². The van der Waals surface area contributed by atoms with Crippen LogP contribution in [0.5, 0.6) is 0 Å². The van der Waals surface area contributed by atoms with Gasteiger partial charge in [-0.1, -0.05) is 42.5 Å². The predicted octanol–water partition coefficient (Wildman–Crippen LogP) is 3.61. The highest BCUT2D eigenvalue weighted by Crippen LogP contribution is 2.24. The summed E-state index contributed by atoms with van der Waals surface area (Å²) in [6, 6.07) is 10.6. The van der Waals surface area contributed by atoms with Gasteiger partial charge in [0.15, 0.2) is 0 Å². The molecule has 106 valence electrons. The van der Waals surface area contributed by atoms with E-state index in [0.29, 0.717) is 0 Å². The van der Waals surface area contributed by atoms with Gasteiger partial charge < -0.3 is 10.4 Å². The number of carbonyl (C=O) groups is 2. The van der Waals surface area contributed by atoms with Crippen molar-refractivity contribution in [1.82, 2.24) is 0 Å². The molecule has 0 bridgehead atoms. The van der Waals surface area contributed by atoms with E-state index in [4.69, 9.17) is 0 Å². The Kier molecular flexibility index (Phi) is 4.51. The maximum Gasteiger partial charge on any atom is 0.337 e. The molecule has 0 spiro atoms. The number of allylic oxidation sites excluding steroid dienone is 3. The Morgan fingerprint density at radius 2 is 1.76 bits per heavy atom. The molecule has 4 heteroatoms. The Bertz CT molecular complexity index is 745. The van der Waals surface area contributed by atoms with E-state index in [9.17, 15) is 14.7 Å². The number of rotatable bonds is 4. The van der Waals surface area contributed by atoms with Gasteiger partial charge in [0.25, 0.3) is 0 Å². The molecule has 0 aliphatic carbocycles. The third-order valence-corrected chi connectivity index (χ3v) is 2.93. The summed E-state index contributed by atoms with van der Waals surface area (Å²) in [5, 5.41) is 13.6. The number of carboxylic acid groups (broad SMARTS) is 1. The minimum atomic E-state index is -1.08. The van der Waals surface area contributed by atoms with E-state index in [1.807, 2.05) is 31.2 Å². The lowest BCUT2D eigenvalue weighted by atomic mass is 10.0.